The monoisotopic (exact) mass is 411 g/mol. The molecule has 0 fully saturated rings. The maximum atomic E-state index is 13.9. The SMILES string of the molecule is COc1ccc(C(=O)O[C@@H]2CCc3c(F)cc(F)cc32)cc1S(=O)(=O)N(C)C. The molecule has 6 nitrogen and oxygen atoms in total. The van der Waals surface area contributed by atoms with E-state index < -0.39 is 33.7 Å². The summed E-state index contributed by atoms with van der Waals surface area (Å²) in [6, 6.07) is 5.84. The van der Waals surface area contributed by atoms with E-state index in [0.29, 0.717) is 24.0 Å². The summed E-state index contributed by atoms with van der Waals surface area (Å²) in [5.41, 5.74) is 0.608. The lowest BCUT2D eigenvalue weighted by molar-refractivity contribution is 0.0300. The highest BCUT2D eigenvalue weighted by Gasteiger charge is 2.30. The van der Waals surface area contributed by atoms with Crippen LogP contribution in [0.4, 0.5) is 8.78 Å². The summed E-state index contributed by atoms with van der Waals surface area (Å²) in [5.74, 6) is -2.12. The van der Waals surface area contributed by atoms with E-state index in [-0.39, 0.29) is 16.2 Å². The molecule has 3 rings (SSSR count). The van der Waals surface area contributed by atoms with Gasteiger partial charge in [-0.2, -0.15) is 0 Å². The molecule has 0 aromatic heterocycles. The number of halogens is 2. The Hall–Kier alpha value is -2.52. The maximum absolute atomic E-state index is 13.9. The standard InChI is InChI=1S/C19H19F2NO5S/c1-22(2)28(24,25)18-8-11(4-6-17(18)26-3)19(23)27-16-7-5-13-14(16)9-12(20)10-15(13)21/h4,6,8-10,16H,5,7H2,1-3H3/t16-/m1/s1. The molecule has 0 saturated carbocycles. The van der Waals surface area contributed by atoms with Gasteiger partial charge in [-0.1, -0.05) is 0 Å². The Kier molecular flexibility index (Phi) is 5.40. The van der Waals surface area contributed by atoms with E-state index in [1.54, 1.807) is 0 Å². The van der Waals surface area contributed by atoms with Crippen LogP contribution in [-0.4, -0.2) is 39.9 Å². The summed E-state index contributed by atoms with van der Waals surface area (Å²) < 4.78 is 63.9. The summed E-state index contributed by atoms with van der Waals surface area (Å²) in [5, 5.41) is 0. The molecule has 0 unspecified atom stereocenters. The van der Waals surface area contributed by atoms with Gasteiger partial charge in [-0.3, -0.25) is 0 Å². The number of carbonyl (C=O) groups is 1. The fourth-order valence-electron chi connectivity index (χ4n) is 3.13. The summed E-state index contributed by atoms with van der Waals surface area (Å²) in [6.45, 7) is 0. The number of methoxy groups -OCH3 is 1. The van der Waals surface area contributed by atoms with E-state index in [0.717, 1.165) is 16.4 Å². The lowest BCUT2D eigenvalue weighted by Gasteiger charge is -2.17. The molecule has 1 aliphatic rings. The van der Waals surface area contributed by atoms with E-state index in [1.165, 1.54) is 39.4 Å². The first-order valence-corrected chi connectivity index (χ1v) is 9.88. The smallest absolute Gasteiger partial charge is 0.338 e. The highest BCUT2D eigenvalue weighted by molar-refractivity contribution is 7.89. The summed E-state index contributed by atoms with van der Waals surface area (Å²) in [6.07, 6.45) is -0.161. The van der Waals surface area contributed by atoms with Crippen molar-refractivity contribution >= 4 is 16.0 Å². The molecule has 0 saturated heterocycles. The predicted molar refractivity (Wildman–Crippen MR) is 96.7 cm³/mol. The van der Waals surface area contributed by atoms with Gasteiger partial charge in [-0.15, -0.1) is 0 Å². The lowest BCUT2D eigenvalue weighted by atomic mass is 10.1. The number of ether oxygens (including phenoxy) is 2. The molecule has 2 aromatic carbocycles. The highest BCUT2D eigenvalue weighted by Crippen LogP contribution is 2.37. The average Bonchev–Trinajstić information content (AvgIpc) is 3.03. The van der Waals surface area contributed by atoms with Crippen molar-refractivity contribution in [2.75, 3.05) is 21.2 Å². The number of hydrogen-bond acceptors (Lipinski definition) is 5. The minimum absolute atomic E-state index is 0.00782. The van der Waals surface area contributed by atoms with Gasteiger partial charge in [0.15, 0.2) is 0 Å². The maximum Gasteiger partial charge on any atom is 0.338 e. The molecule has 0 aliphatic heterocycles. The fourth-order valence-corrected chi connectivity index (χ4v) is 4.20. The zero-order valence-corrected chi connectivity index (χ0v) is 16.3. The second kappa shape index (κ2) is 7.48. The Labute approximate surface area is 161 Å². The van der Waals surface area contributed by atoms with Crippen molar-refractivity contribution in [3.63, 3.8) is 0 Å². The van der Waals surface area contributed by atoms with Crippen LogP contribution in [0.2, 0.25) is 0 Å². The van der Waals surface area contributed by atoms with E-state index in [2.05, 4.69) is 0 Å². The van der Waals surface area contributed by atoms with Gasteiger partial charge in [0.05, 0.1) is 12.7 Å². The van der Waals surface area contributed by atoms with Crippen LogP contribution in [0.25, 0.3) is 0 Å². The largest absolute Gasteiger partial charge is 0.495 e. The molecule has 28 heavy (non-hydrogen) atoms. The number of rotatable bonds is 5. The van der Waals surface area contributed by atoms with Crippen LogP contribution in [0.5, 0.6) is 5.75 Å². The van der Waals surface area contributed by atoms with Gasteiger partial charge in [-0.25, -0.2) is 26.3 Å². The zero-order chi connectivity index (χ0) is 20.6. The summed E-state index contributed by atoms with van der Waals surface area (Å²) in [7, 11) is 0.177. The van der Waals surface area contributed by atoms with E-state index >= 15 is 0 Å². The van der Waals surface area contributed by atoms with Crippen LogP contribution in [0.15, 0.2) is 35.2 Å². The predicted octanol–water partition coefficient (Wildman–Crippen LogP) is 3.07. The molecular weight excluding hydrogens is 392 g/mol. The molecular formula is C19H19F2NO5S. The minimum atomic E-state index is -3.86. The van der Waals surface area contributed by atoms with Crippen LogP contribution < -0.4 is 4.74 Å². The fraction of sp³-hybridized carbons (Fsp3) is 0.316. The van der Waals surface area contributed by atoms with E-state index in [4.69, 9.17) is 9.47 Å². The molecule has 0 amide bonds. The molecule has 0 radical (unpaired) electrons. The van der Waals surface area contributed by atoms with Crippen molar-refractivity contribution in [3.05, 3.63) is 58.7 Å². The van der Waals surface area contributed by atoms with Crippen LogP contribution in [0.1, 0.15) is 34.0 Å². The first-order valence-electron chi connectivity index (χ1n) is 8.44. The normalized spacial score (nSPS) is 16.1. The second-order valence-corrected chi connectivity index (χ2v) is 8.66. The Morgan fingerprint density at radius 1 is 1.18 bits per heavy atom. The van der Waals surface area contributed by atoms with Gasteiger partial charge in [0.25, 0.3) is 0 Å². The van der Waals surface area contributed by atoms with Crippen molar-refractivity contribution in [1.82, 2.24) is 4.31 Å². The molecule has 0 bridgehead atoms. The number of nitrogens with zero attached hydrogens (tertiary/aromatic N) is 1. The molecule has 0 N–H and O–H groups in total. The third-order valence-electron chi connectivity index (χ3n) is 4.61. The Morgan fingerprint density at radius 2 is 1.89 bits per heavy atom. The van der Waals surface area contributed by atoms with Crippen molar-refractivity contribution in [3.8, 4) is 5.75 Å². The average molecular weight is 411 g/mol. The number of fused-ring (bicyclic) bond motifs is 1. The van der Waals surface area contributed by atoms with Gasteiger partial charge >= 0.3 is 5.97 Å². The Balaban J connectivity index is 1.91. The topological polar surface area (TPSA) is 72.9 Å². The van der Waals surface area contributed by atoms with Gasteiger partial charge in [0.2, 0.25) is 10.0 Å². The molecule has 2 aromatic rings. The second-order valence-electron chi connectivity index (χ2n) is 6.54. The van der Waals surface area contributed by atoms with Gasteiger partial charge in [0, 0.05) is 25.7 Å². The molecule has 9 heteroatoms. The quantitative estimate of drug-likeness (QED) is 0.707. The minimum Gasteiger partial charge on any atom is -0.495 e. The van der Waals surface area contributed by atoms with Crippen molar-refractivity contribution in [2.24, 2.45) is 0 Å². The molecule has 0 spiro atoms. The van der Waals surface area contributed by atoms with Gasteiger partial charge in [-0.05, 0) is 42.7 Å². The van der Waals surface area contributed by atoms with Crippen LogP contribution in [0, 0.1) is 11.6 Å². The lowest BCUT2D eigenvalue weighted by Crippen LogP contribution is -2.23. The molecule has 0 heterocycles. The molecule has 1 atom stereocenters. The third kappa shape index (κ3) is 3.59. The van der Waals surface area contributed by atoms with E-state index in [9.17, 15) is 22.0 Å². The number of carbonyl (C=O) groups excluding carboxylic acids is 1. The molecule has 150 valence electrons. The first kappa shape index (κ1) is 20.2. The van der Waals surface area contributed by atoms with Crippen LogP contribution in [-0.2, 0) is 21.2 Å². The Morgan fingerprint density at radius 3 is 2.54 bits per heavy atom. The summed E-state index contributed by atoms with van der Waals surface area (Å²) >= 11 is 0. The van der Waals surface area contributed by atoms with Gasteiger partial charge in [0.1, 0.15) is 28.4 Å². The first-order chi connectivity index (χ1) is 13.1. The highest BCUT2D eigenvalue weighted by atomic mass is 32.2. The molecule has 1 aliphatic carbocycles. The number of hydrogen-bond donors (Lipinski definition) is 0. The zero-order valence-electron chi connectivity index (χ0n) is 15.5. The van der Waals surface area contributed by atoms with Crippen molar-refractivity contribution in [1.29, 1.82) is 0 Å². The van der Waals surface area contributed by atoms with Crippen molar-refractivity contribution in [2.45, 2.75) is 23.8 Å². The number of esters is 1. The third-order valence-corrected chi connectivity index (χ3v) is 6.44. The van der Waals surface area contributed by atoms with E-state index in [1.807, 2.05) is 0 Å². The van der Waals surface area contributed by atoms with Crippen LogP contribution in [0.3, 0.4) is 0 Å². The van der Waals surface area contributed by atoms with Crippen LogP contribution >= 0.6 is 0 Å². The van der Waals surface area contributed by atoms with Gasteiger partial charge < -0.3 is 9.47 Å². The Bertz CT molecular complexity index is 1040. The summed E-state index contributed by atoms with van der Waals surface area (Å²) in [4.78, 5) is 12.4. The van der Waals surface area contributed by atoms with Crippen molar-refractivity contribution < 1.29 is 31.5 Å². The number of sulfonamides is 1. The number of benzene rings is 2.